The molecule has 0 radical (unpaired) electrons. The van der Waals surface area contributed by atoms with E-state index in [-0.39, 0.29) is 22.8 Å². The van der Waals surface area contributed by atoms with E-state index in [1.165, 1.54) is 38.3 Å². The summed E-state index contributed by atoms with van der Waals surface area (Å²) in [6, 6.07) is 4.95. The third kappa shape index (κ3) is 5.33. The van der Waals surface area contributed by atoms with E-state index in [0.717, 1.165) is 0 Å². The minimum atomic E-state index is -3.45. The number of carboxylic acids is 1. The van der Waals surface area contributed by atoms with Crippen molar-refractivity contribution >= 4 is 21.7 Å². The second-order valence-corrected chi connectivity index (χ2v) is 7.33. The smallest absolute Gasteiger partial charge is 0.308 e. The van der Waals surface area contributed by atoms with E-state index in [4.69, 9.17) is 9.84 Å². The van der Waals surface area contributed by atoms with Gasteiger partial charge in [0.15, 0.2) is 9.84 Å². The molecular weight excluding hydrogens is 322 g/mol. The van der Waals surface area contributed by atoms with Crippen LogP contribution in [0.3, 0.4) is 0 Å². The first-order valence-electron chi connectivity index (χ1n) is 7.04. The van der Waals surface area contributed by atoms with Gasteiger partial charge in [-0.1, -0.05) is 0 Å². The number of hydrogen-bond acceptors (Lipinski definition) is 5. The number of carboxylic acid groups (broad SMARTS) is 1. The first-order valence-corrected chi connectivity index (χ1v) is 8.69. The van der Waals surface area contributed by atoms with E-state index in [1.807, 2.05) is 0 Å². The summed E-state index contributed by atoms with van der Waals surface area (Å²) in [5, 5.41) is 11.5. The Labute approximate surface area is 135 Å². The highest BCUT2D eigenvalue weighted by Crippen LogP contribution is 2.13. The SMILES string of the molecule is COCCS(=O)(=O)c1ccc(C(=O)NC(C)C(C)C(=O)O)cc1. The molecule has 2 unspecified atom stereocenters. The van der Waals surface area contributed by atoms with E-state index in [1.54, 1.807) is 6.92 Å². The van der Waals surface area contributed by atoms with Crippen molar-refractivity contribution < 1.29 is 27.9 Å². The molecule has 0 saturated heterocycles. The van der Waals surface area contributed by atoms with Gasteiger partial charge in [0, 0.05) is 18.7 Å². The number of carbonyl (C=O) groups is 2. The van der Waals surface area contributed by atoms with Gasteiger partial charge in [-0.05, 0) is 38.1 Å². The molecule has 23 heavy (non-hydrogen) atoms. The Hall–Kier alpha value is -1.93. The van der Waals surface area contributed by atoms with Gasteiger partial charge >= 0.3 is 5.97 Å². The molecule has 1 amide bonds. The Kier molecular flexibility index (Phi) is 6.71. The largest absolute Gasteiger partial charge is 0.481 e. The van der Waals surface area contributed by atoms with E-state index >= 15 is 0 Å². The molecule has 0 aliphatic rings. The number of carbonyl (C=O) groups excluding carboxylic acids is 1. The van der Waals surface area contributed by atoms with Crippen LogP contribution in [-0.2, 0) is 19.4 Å². The molecule has 0 saturated carbocycles. The normalized spacial score (nSPS) is 14.0. The van der Waals surface area contributed by atoms with Crippen LogP contribution in [0.4, 0.5) is 0 Å². The van der Waals surface area contributed by atoms with Crippen LogP contribution in [0.2, 0.25) is 0 Å². The fraction of sp³-hybridized carbons (Fsp3) is 0.467. The highest BCUT2D eigenvalue weighted by atomic mass is 32.2. The lowest BCUT2D eigenvalue weighted by Crippen LogP contribution is -2.40. The first kappa shape index (κ1) is 19.1. The molecule has 0 spiro atoms. The van der Waals surface area contributed by atoms with Gasteiger partial charge in [-0.15, -0.1) is 0 Å². The standard InChI is InChI=1S/C15H21NO6S/c1-10(15(18)19)11(2)16-14(17)12-4-6-13(7-5-12)23(20,21)9-8-22-3/h4-7,10-11H,8-9H2,1-3H3,(H,16,17)(H,18,19). The molecule has 0 heterocycles. The second-order valence-electron chi connectivity index (χ2n) is 5.23. The Bertz CT molecular complexity index is 653. The average molecular weight is 343 g/mol. The molecule has 2 N–H and O–H groups in total. The molecule has 0 aliphatic heterocycles. The van der Waals surface area contributed by atoms with Crippen molar-refractivity contribution in [3.8, 4) is 0 Å². The minimum absolute atomic E-state index is 0.0924. The number of nitrogens with one attached hydrogen (secondary N) is 1. The molecule has 8 heteroatoms. The second kappa shape index (κ2) is 8.07. The molecule has 128 valence electrons. The number of sulfone groups is 1. The summed E-state index contributed by atoms with van der Waals surface area (Å²) in [5.41, 5.74) is 0.264. The van der Waals surface area contributed by atoms with Crippen LogP contribution in [0.1, 0.15) is 24.2 Å². The molecule has 0 fully saturated rings. The van der Waals surface area contributed by atoms with Crippen LogP contribution in [0.25, 0.3) is 0 Å². The zero-order valence-electron chi connectivity index (χ0n) is 13.3. The third-order valence-corrected chi connectivity index (χ3v) is 5.22. The van der Waals surface area contributed by atoms with Crippen molar-refractivity contribution in [2.75, 3.05) is 19.5 Å². The Morgan fingerprint density at radius 3 is 2.26 bits per heavy atom. The van der Waals surface area contributed by atoms with Crippen molar-refractivity contribution in [2.24, 2.45) is 5.92 Å². The number of methoxy groups -OCH3 is 1. The van der Waals surface area contributed by atoms with Crippen LogP contribution in [-0.4, -0.2) is 50.9 Å². The van der Waals surface area contributed by atoms with Crippen molar-refractivity contribution in [3.63, 3.8) is 0 Å². The van der Waals surface area contributed by atoms with E-state index in [9.17, 15) is 18.0 Å². The fourth-order valence-electron chi connectivity index (χ4n) is 1.75. The van der Waals surface area contributed by atoms with Crippen LogP contribution in [0, 0.1) is 5.92 Å². The van der Waals surface area contributed by atoms with Gasteiger partial charge in [-0.3, -0.25) is 9.59 Å². The maximum atomic E-state index is 12.0. The van der Waals surface area contributed by atoms with E-state index in [2.05, 4.69) is 5.32 Å². The van der Waals surface area contributed by atoms with Gasteiger partial charge in [-0.25, -0.2) is 8.42 Å². The van der Waals surface area contributed by atoms with Gasteiger partial charge in [0.1, 0.15) is 0 Å². The van der Waals surface area contributed by atoms with Gasteiger partial charge < -0.3 is 15.2 Å². The molecule has 1 rings (SSSR count). The van der Waals surface area contributed by atoms with Crippen LogP contribution < -0.4 is 5.32 Å². The summed E-state index contributed by atoms with van der Waals surface area (Å²) in [5.74, 6) is -2.32. The van der Waals surface area contributed by atoms with Crippen LogP contribution in [0.5, 0.6) is 0 Å². The molecule has 1 aromatic carbocycles. The maximum Gasteiger partial charge on any atom is 0.308 e. The van der Waals surface area contributed by atoms with Crippen molar-refractivity contribution in [1.82, 2.24) is 5.32 Å². The lowest BCUT2D eigenvalue weighted by molar-refractivity contribution is -0.141. The summed E-state index contributed by atoms with van der Waals surface area (Å²) < 4.78 is 28.7. The summed E-state index contributed by atoms with van der Waals surface area (Å²) in [4.78, 5) is 23.0. The molecule has 2 atom stereocenters. The number of amides is 1. The van der Waals surface area contributed by atoms with Crippen LogP contribution in [0.15, 0.2) is 29.2 Å². The van der Waals surface area contributed by atoms with Crippen molar-refractivity contribution in [1.29, 1.82) is 0 Å². The summed E-state index contributed by atoms with van der Waals surface area (Å²) in [6.07, 6.45) is 0. The summed E-state index contributed by atoms with van der Waals surface area (Å²) in [7, 11) is -2.03. The summed E-state index contributed by atoms with van der Waals surface area (Å²) in [6.45, 7) is 3.19. The molecular formula is C15H21NO6S. The van der Waals surface area contributed by atoms with Crippen molar-refractivity contribution in [2.45, 2.75) is 24.8 Å². The van der Waals surface area contributed by atoms with Gasteiger partial charge in [0.05, 0.1) is 23.2 Å². The number of rotatable bonds is 8. The van der Waals surface area contributed by atoms with Crippen LogP contribution >= 0.6 is 0 Å². The van der Waals surface area contributed by atoms with Gasteiger partial charge in [0.25, 0.3) is 5.91 Å². The van der Waals surface area contributed by atoms with Gasteiger partial charge in [-0.2, -0.15) is 0 Å². The minimum Gasteiger partial charge on any atom is -0.481 e. The molecule has 0 aromatic heterocycles. The number of benzene rings is 1. The molecule has 1 aromatic rings. The first-order chi connectivity index (χ1) is 10.7. The zero-order chi connectivity index (χ0) is 17.6. The lowest BCUT2D eigenvalue weighted by Gasteiger charge is -2.17. The average Bonchev–Trinajstić information content (AvgIpc) is 2.52. The monoisotopic (exact) mass is 343 g/mol. The van der Waals surface area contributed by atoms with Gasteiger partial charge in [0.2, 0.25) is 0 Å². The topological polar surface area (TPSA) is 110 Å². The predicted octanol–water partition coefficient (Wildman–Crippen LogP) is 0.946. The highest BCUT2D eigenvalue weighted by Gasteiger charge is 2.22. The van der Waals surface area contributed by atoms with E-state index in [0.29, 0.717) is 0 Å². The molecule has 0 bridgehead atoms. The fourth-order valence-corrected chi connectivity index (χ4v) is 2.93. The molecule has 7 nitrogen and oxygen atoms in total. The number of ether oxygens (including phenoxy) is 1. The van der Waals surface area contributed by atoms with E-state index < -0.39 is 33.7 Å². The van der Waals surface area contributed by atoms with Crippen molar-refractivity contribution in [3.05, 3.63) is 29.8 Å². The quantitative estimate of drug-likeness (QED) is 0.727. The highest BCUT2D eigenvalue weighted by molar-refractivity contribution is 7.91. The Balaban J connectivity index is 2.80. The third-order valence-electron chi connectivity index (χ3n) is 3.53. The lowest BCUT2D eigenvalue weighted by atomic mass is 10.0. The predicted molar refractivity (Wildman–Crippen MR) is 84.1 cm³/mol. The number of hydrogen-bond donors (Lipinski definition) is 2. The molecule has 0 aliphatic carbocycles. The summed E-state index contributed by atoms with van der Waals surface area (Å²) >= 11 is 0. The number of aliphatic carboxylic acids is 1. The Morgan fingerprint density at radius 2 is 1.78 bits per heavy atom. The maximum absolute atomic E-state index is 12.0. The Morgan fingerprint density at radius 1 is 1.22 bits per heavy atom. The zero-order valence-corrected chi connectivity index (χ0v) is 14.1.